The van der Waals surface area contributed by atoms with Gasteiger partial charge in [-0.25, -0.2) is 9.78 Å². The second-order valence-corrected chi connectivity index (χ2v) is 11.7. The second kappa shape index (κ2) is 11.1. The van der Waals surface area contributed by atoms with Crippen molar-refractivity contribution in [2.24, 2.45) is 5.41 Å². The Morgan fingerprint density at radius 3 is 2.42 bits per heavy atom. The Kier molecular flexibility index (Phi) is 8.17. The zero-order valence-electron chi connectivity index (χ0n) is 21.4. The molecule has 0 amide bonds. The number of carboxylic acid groups (broad SMARTS) is 1. The number of carbonyl (C=O) groups is 1. The van der Waals surface area contributed by atoms with Gasteiger partial charge in [0.25, 0.3) is 0 Å². The molecule has 38 heavy (non-hydrogen) atoms. The molecule has 3 aromatic rings. The molecule has 2 aromatic carbocycles. The van der Waals surface area contributed by atoms with Crippen LogP contribution in [0.15, 0.2) is 40.7 Å². The number of thiazole rings is 1. The molecule has 1 aliphatic carbocycles. The van der Waals surface area contributed by atoms with E-state index in [4.69, 9.17) is 9.47 Å². The van der Waals surface area contributed by atoms with Crippen molar-refractivity contribution in [2.45, 2.75) is 56.7 Å². The number of methoxy groups -OCH3 is 2. The van der Waals surface area contributed by atoms with Crippen LogP contribution in [0.4, 0.5) is 18.9 Å². The van der Waals surface area contributed by atoms with Gasteiger partial charge in [-0.05, 0) is 48.6 Å². The summed E-state index contributed by atoms with van der Waals surface area (Å²) < 4.78 is 55.8. The largest absolute Gasteiger partial charge is 0.496 e. The fraction of sp³-hybridized carbons (Fsp3) is 0.407. The molecule has 0 spiro atoms. The highest BCUT2D eigenvalue weighted by molar-refractivity contribution is 8.00. The SMILES string of the molecule is COc1cc(C(=O)O)c(OC)cc1NSc1csc(-c2ccc(C3CCC(C)(C)CC3)cc2C(F)(F)F)n1. The molecule has 1 heterocycles. The quantitative estimate of drug-likeness (QED) is 0.265. The molecular weight excluding hydrogens is 537 g/mol. The summed E-state index contributed by atoms with van der Waals surface area (Å²) in [6.45, 7) is 4.41. The minimum Gasteiger partial charge on any atom is -0.496 e. The van der Waals surface area contributed by atoms with Crippen molar-refractivity contribution in [3.63, 3.8) is 0 Å². The van der Waals surface area contributed by atoms with Gasteiger partial charge in [-0.2, -0.15) is 13.2 Å². The molecule has 11 heteroatoms. The zero-order valence-corrected chi connectivity index (χ0v) is 23.1. The number of benzene rings is 2. The van der Waals surface area contributed by atoms with Crippen LogP contribution in [-0.4, -0.2) is 30.3 Å². The van der Waals surface area contributed by atoms with Gasteiger partial charge >= 0.3 is 12.1 Å². The van der Waals surface area contributed by atoms with Crippen molar-refractivity contribution in [3.05, 3.63) is 52.4 Å². The maximum atomic E-state index is 14.1. The Morgan fingerprint density at radius 1 is 1.13 bits per heavy atom. The van der Waals surface area contributed by atoms with Crippen LogP contribution in [-0.2, 0) is 6.18 Å². The molecule has 6 nitrogen and oxygen atoms in total. The van der Waals surface area contributed by atoms with E-state index in [1.165, 1.54) is 38.5 Å². The van der Waals surface area contributed by atoms with E-state index in [0.717, 1.165) is 54.5 Å². The van der Waals surface area contributed by atoms with Crippen LogP contribution >= 0.6 is 23.3 Å². The molecule has 2 N–H and O–H groups in total. The lowest BCUT2D eigenvalue weighted by atomic mass is 9.71. The first-order valence-corrected chi connectivity index (χ1v) is 13.7. The van der Waals surface area contributed by atoms with Crippen LogP contribution in [0.25, 0.3) is 10.6 Å². The van der Waals surface area contributed by atoms with E-state index in [1.54, 1.807) is 11.4 Å². The zero-order chi connectivity index (χ0) is 27.7. The van der Waals surface area contributed by atoms with Crippen molar-refractivity contribution in [3.8, 4) is 22.1 Å². The van der Waals surface area contributed by atoms with Gasteiger partial charge in [-0.15, -0.1) is 11.3 Å². The monoisotopic (exact) mass is 566 g/mol. The number of nitrogens with zero attached hydrogens (tertiary/aromatic N) is 1. The normalized spacial score (nSPS) is 15.8. The molecule has 0 saturated heterocycles. The van der Waals surface area contributed by atoms with Crippen LogP contribution in [0.2, 0.25) is 0 Å². The topological polar surface area (TPSA) is 80.7 Å². The number of anilines is 1. The Morgan fingerprint density at radius 2 is 1.82 bits per heavy atom. The number of nitrogens with one attached hydrogen (secondary N) is 1. The predicted octanol–water partition coefficient (Wildman–Crippen LogP) is 8.35. The summed E-state index contributed by atoms with van der Waals surface area (Å²) in [6.07, 6.45) is -0.747. The molecule has 0 unspecified atom stereocenters. The van der Waals surface area contributed by atoms with E-state index < -0.39 is 17.7 Å². The molecule has 1 saturated carbocycles. The summed E-state index contributed by atoms with van der Waals surface area (Å²) in [5.41, 5.74) is 0.726. The van der Waals surface area contributed by atoms with Crippen LogP contribution in [0.1, 0.15) is 66.9 Å². The molecule has 204 valence electrons. The van der Waals surface area contributed by atoms with Crippen molar-refractivity contribution >= 4 is 34.9 Å². The fourth-order valence-electron chi connectivity index (χ4n) is 4.65. The van der Waals surface area contributed by atoms with Crippen LogP contribution < -0.4 is 14.2 Å². The first kappa shape index (κ1) is 28.1. The summed E-state index contributed by atoms with van der Waals surface area (Å²) >= 11 is 2.20. The lowest BCUT2D eigenvalue weighted by Crippen LogP contribution is -2.20. The second-order valence-electron chi connectivity index (χ2n) is 9.99. The molecule has 0 aliphatic heterocycles. The summed E-state index contributed by atoms with van der Waals surface area (Å²) in [5.74, 6) is -0.629. The molecule has 1 aliphatic rings. The van der Waals surface area contributed by atoms with Crippen LogP contribution in [0.3, 0.4) is 0 Å². The number of aromatic nitrogens is 1. The van der Waals surface area contributed by atoms with Gasteiger partial charge in [0, 0.05) is 35.0 Å². The number of hydrogen-bond acceptors (Lipinski definition) is 7. The number of hydrogen-bond donors (Lipinski definition) is 2. The first-order chi connectivity index (χ1) is 17.9. The highest BCUT2D eigenvalue weighted by Crippen LogP contribution is 2.46. The summed E-state index contributed by atoms with van der Waals surface area (Å²) in [5, 5.41) is 11.8. The lowest BCUT2D eigenvalue weighted by molar-refractivity contribution is -0.137. The molecule has 1 fully saturated rings. The highest BCUT2D eigenvalue weighted by Gasteiger charge is 2.36. The van der Waals surface area contributed by atoms with Crippen LogP contribution in [0, 0.1) is 5.41 Å². The Bertz CT molecular complexity index is 1310. The summed E-state index contributed by atoms with van der Waals surface area (Å²) in [7, 11) is 2.76. The third kappa shape index (κ3) is 6.20. The number of ether oxygens (including phenoxy) is 2. The predicted molar refractivity (Wildman–Crippen MR) is 144 cm³/mol. The van der Waals surface area contributed by atoms with Gasteiger partial charge in [0.1, 0.15) is 27.1 Å². The smallest absolute Gasteiger partial charge is 0.417 e. The molecule has 0 bridgehead atoms. The molecule has 4 rings (SSSR count). The lowest BCUT2D eigenvalue weighted by Gasteiger charge is -2.34. The maximum absolute atomic E-state index is 14.1. The summed E-state index contributed by atoms with van der Waals surface area (Å²) in [6, 6.07) is 7.46. The van der Waals surface area contributed by atoms with E-state index in [9.17, 15) is 23.1 Å². The van der Waals surface area contributed by atoms with E-state index >= 15 is 0 Å². The number of carboxylic acids is 1. The van der Waals surface area contributed by atoms with Gasteiger partial charge < -0.3 is 19.3 Å². The third-order valence-corrected chi connectivity index (χ3v) is 8.66. The van der Waals surface area contributed by atoms with E-state index in [1.807, 2.05) is 0 Å². The molecule has 0 atom stereocenters. The van der Waals surface area contributed by atoms with Crippen molar-refractivity contribution < 1.29 is 32.5 Å². The Labute approximate surface area is 227 Å². The highest BCUT2D eigenvalue weighted by atomic mass is 32.2. The van der Waals surface area contributed by atoms with Gasteiger partial charge in [-0.3, -0.25) is 0 Å². The number of alkyl halides is 3. The van der Waals surface area contributed by atoms with Gasteiger partial charge in [0.2, 0.25) is 0 Å². The van der Waals surface area contributed by atoms with E-state index in [-0.39, 0.29) is 39.0 Å². The summed E-state index contributed by atoms with van der Waals surface area (Å²) in [4.78, 5) is 15.9. The van der Waals surface area contributed by atoms with Gasteiger partial charge in [-0.1, -0.05) is 26.0 Å². The number of aromatic carboxylic acids is 1. The molecule has 1 aromatic heterocycles. The van der Waals surface area contributed by atoms with Gasteiger partial charge in [0.15, 0.2) is 0 Å². The standard InChI is InChI=1S/C27H29F3N2O4S2/c1-26(2)9-7-15(8-10-26)16-5-6-17(19(11-16)27(28,29)30)24-31-23(14-37-24)38-32-20-13-21(35-3)18(25(33)34)12-22(20)36-4/h5-6,11-15,32H,7-10H2,1-4H3,(H,33,34). The van der Waals surface area contributed by atoms with Crippen LogP contribution in [0.5, 0.6) is 11.5 Å². The van der Waals surface area contributed by atoms with Crippen molar-refractivity contribution in [1.29, 1.82) is 0 Å². The minimum atomic E-state index is -4.51. The fourth-order valence-corrected chi connectivity index (χ4v) is 6.28. The Balaban J connectivity index is 1.56. The van der Waals surface area contributed by atoms with E-state index in [0.29, 0.717) is 10.7 Å². The number of rotatable bonds is 8. The van der Waals surface area contributed by atoms with E-state index in [2.05, 4.69) is 23.6 Å². The molecular formula is C27H29F3N2O4S2. The van der Waals surface area contributed by atoms with Crippen molar-refractivity contribution in [1.82, 2.24) is 4.98 Å². The Hall–Kier alpha value is -2.92. The van der Waals surface area contributed by atoms with Crippen molar-refractivity contribution in [2.75, 3.05) is 18.9 Å². The number of halogens is 3. The minimum absolute atomic E-state index is 0.0549. The molecule has 0 radical (unpaired) electrons. The van der Waals surface area contributed by atoms with Gasteiger partial charge in [0.05, 0.1) is 25.5 Å². The third-order valence-electron chi connectivity index (χ3n) is 6.89. The first-order valence-electron chi connectivity index (χ1n) is 12.0. The maximum Gasteiger partial charge on any atom is 0.417 e. The average molecular weight is 567 g/mol. The average Bonchev–Trinajstić information content (AvgIpc) is 3.35.